The Balaban J connectivity index is 0.00000417. The number of aliphatic hydroxyl groups excluding tert-OH is 1. The van der Waals surface area contributed by atoms with Crippen LogP contribution in [-0.2, 0) is 6.61 Å². The van der Waals surface area contributed by atoms with Gasteiger partial charge in [0.15, 0.2) is 0 Å². The zero-order chi connectivity index (χ0) is 33.4. The van der Waals surface area contributed by atoms with E-state index in [1.165, 1.54) is 12.1 Å². The number of carboxylic acids is 1. The summed E-state index contributed by atoms with van der Waals surface area (Å²) in [6.45, 7) is 1.06. The molecule has 1 saturated carbocycles. The summed E-state index contributed by atoms with van der Waals surface area (Å²) in [5, 5.41) is 20.0. The molecule has 8 nitrogen and oxygen atoms in total. The first-order valence-electron chi connectivity index (χ1n) is 16.3. The highest BCUT2D eigenvalue weighted by atomic mass is 35.5. The molecular formula is C38H36Cl2FN3O5. The number of carbonyl (C=O) groups excluding carboxylic acids is 1. The van der Waals surface area contributed by atoms with E-state index in [1.807, 2.05) is 24.3 Å². The number of likely N-dealkylation sites (tertiary alicyclic amines) is 1. The zero-order valence-electron chi connectivity index (χ0n) is 26.6. The van der Waals surface area contributed by atoms with Crippen LogP contribution in [0.5, 0.6) is 5.75 Å². The topological polar surface area (TPSA) is 105 Å². The van der Waals surface area contributed by atoms with Crippen molar-refractivity contribution in [2.24, 2.45) is 0 Å². The third-order valence-corrected chi connectivity index (χ3v) is 9.71. The van der Waals surface area contributed by atoms with Gasteiger partial charge in [0.05, 0.1) is 28.3 Å². The number of aromatic carboxylic acids is 1. The lowest BCUT2D eigenvalue weighted by Crippen LogP contribution is -2.40. The molecule has 2 aliphatic rings. The van der Waals surface area contributed by atoms with Gasteiger partial charge < -0.3 is 24.4 Å². The van der Waals surface area contributed by atoms with Crippen LogP contribution in [-0.4, -0.2) is 55.7 Å². The molecule has 1 amide bonds. The second kappa shape index (κ2) is 14.6. The predicted molar refractivity (Wildman–Crippen MR) is 189 cm³/mol. The van der Waals surface area contributed by atoms with Crippen molar-refractivity contribution in [2.75, 3.05) is 13.1 Å². The van der Waals surface area contributed by atoms with Crippen molar-refractivity contribution < 1.29 is 28.9 Å². The van der Waals surface area contributed by atoms with E-state index in [4.69, 9.17) is 21.3 Å². The SMILES string of the molecule is Cl.O=C(O)c1ccc2c(c1)nc(-c1ccc(OCc3cc(C(=O)N4CCC(O)CC4)ccc3-c3ccc(Cl)cc3)cc1F)n2C1CCCC1. The summed E-state index contributed by atoms with van der Waals surface area (Å²) in [6, 6.07) is 22.6. The minimum Gasteiger partial charge on any atom is -0.489 e. The molecule has 1 aromatic heterocycles. The number of halogens is 3. The number of hydrogen-bond donors (Lipinski definition) is 2. The quantitative estimate of drug-likeness (QED) is 0.168. The molecule has 0 radical (unpaired) electrons. The maximum Gasteiger partial charge on any atom is 0.335 e. The molecule has 0 unspecified atom stereocenters. The van der Waals surface area contributed by atoms with Crippen molar-refractivity contribution >= 4 is 46.9 Å². The Labute approximate surface area is 294 Å². The number of aliphatic hydroxyl groups is 1. The Morgan fingerprint density at radius 3 is 2.27 bits per heavy atom. The fourth-order valence-electron chi connectivity index (χ4n) is 6.89. The number of piperidine rings is 1. The molecule has 2 N–H and O–H groups in total. The van der Waals surface area contributed by atoms with E-state index in [-0.39, 0.29) is 42.6 Å². The van der Waals surface area contributed by atoms with Crippen LogP contribution in [0.2, 0.25) is 5.02 Å². The Morgan fingerprint density at radius 1 is 0.878 bits per heavy atom. The summed E-state index contributed by atoms with van der Waals surface area (Å²) in [7, 11) is 0. The fourth-order valence-corrected chi connectivity index (χ4v) is 7.02. The Morgan fingerprint density at radius 2 is 1.57 bits per heavy atom. The molecule has 2 fully saturated rings. The average Bonchev–Trinajstić information content (AvgIpc) is 3.75. The van der Waals surface area contributed by atoms with Crippen LogP contribution in [0, 0.1) is 5.82 Å². The highest BCUT2D eigenvalue weighted by Gasteiger charge is 2.26. The molecule has 0 bridgehead atoms. The van der Waals surface area contributed by atoms with Crippen molar-refractivity contribution in [1.82, 2.24) is 14.5 Å². The number of rotatable bonds is 8. The van der Waals surface area contributed by atoms with Crippen molar-refractivity contribution in [1.29, 1.82) is 0 Å². The number of nitrogens with zero attached hydrogens (tertiary/aromatic N) is 3. The van der Waals surface area contributed by atoms with Gasteiger partial charge >= 0.3 is 5.97 Å². The molecular weight excluding hydrogens is 668 g/mol. The van der Waals surface area contributed by atoms with Gasteiger partial charge in [0, 0.05) is 35.8 Å². The molecule has 2 heterocycles. The molecule has 4 aromatic carbocycles. The maximum absolute atomic E-state index is 15.9. The number of hydrogen-bond acceptors (Lipinski definition) is 5. The van der Waals surface area contributed by atoms with E-state index in [2.05, 4.69) is 4.57 Å². The van der Waals surface area contributed by atoms with Gasteiger partial charge in [-0.3, -0.25) is 4.79 Å². The largest absolute Gasteiger partial charge is 0.489 e. The summed E-state index contributed by atoms with van der Waals surface area (Å²) in [4.78, 5) is 31.5. The molecule has 11 heteroatoms. The number of aromatic nitrogens is 2. The standard InChI is InChI=1S/C38H35ClFN3O5.ClH/c39-27-9-5-23(6-10-27)31-12-7-24(37(45)42-17-15-29(44)16-18-42)19-26(31)22-48-30-11-13-32(33(40)21-30)36-41-34-20-25(38(46)47)8-14-35(34)43(36)28-3-1-2-4-28;/h5-14,19-21,28-29,44H,1-4,15-18,22H2,(H,46,47);1H. The Kier molecular flexibility index (Phi) is 10.2. The third-order valence-electron chi connectivity index (χ3n) is 9.46. The van der Waals surface area contributed by atoms with Crippen LogP contribution in [0.15, 0.2) is 78.9 Å². The smallest absolute Gasteiger partial charge is 0.335 e. The van der Waals surface area contributed by atoms with Crippen LogP contribution in [0.4, 0.5) is 4.39 Å². The van der Waals surface area contributed by atoms with Crippen LogP contribution in [0.1, 0.15) is 70.8 Å². The number of carboxylic acid groups (broad SMARTS) is 1. The van der Waals surface area contributed by atoms with Crippen LogP contribution in [0.25, 0.3) is 33.5 Å². The monoisotopic (exact) mass is 703 g/mol. The molecule has 1 aliphatic heterocycles. The third kappa shape index (κ3) is 7.15. The minimum absolute atomic E-state index is 0. The second-order valence-electron chi connectivity index (χ2n) is 12.6. The van der Waals surface area contributed by atoms with Gasteiger partial charge in [-0.1, -0.05) is 42.6 Å². The number of imidazole rings is 1. The van der Waals surface area contributed by atoms with E-state index in [0.717, 1.165) is 47.9 Å². The predicted octanol–water partition coefficient (Wildman–Crippen LogP) is 8.57. The molecule has 0 spiro atoms. The van der Waals surface area contributed by atoms with Gasteiger partial charge in [0.25, 0.3) is 5.91 Å². The number of fused-ring (bicyclic) bond motifs is 1. The highest BCUT2D eigenvalue weighted by Crippen LogP contribution is 2.38. The fraction of sp³-hybridized carbons (Fsp3) is 0.289. The van der Waals surface area contributed by atoms with Crippen molar-refractivity contribution in [3.63, 3.8) is 0 Å². The number of ether oxygens (including phenoxy) is 1. The lowest BCUT2D eigenvalue weighted by atomic mass is 9.97. The summed E-state index contributed by atoms with van der Waals surface area (Å²) in [5.74, 6) is -0.875. The normalized spacial score (nSPS) is 15.4. The molecule has 1 aliphatic carbocycles. The van der Waals surface area contributed by atoms with E-state index in [1.54, 1.807) is 47.4 Å². The van der Waals surface area contributed by atoms with Crippen molar-refractivity contribution in [2.45, 2.75) is 57.3 Å². The first kappa shape index (κ1) is 34.4. The molecule has 0 atom stereocenters. The second-order valence-corrected chi connectivity index (χ2v) is 13.0. The van der Waals surface area contributed by atoms with Crippen LogP contribution in [0.3, 0.4) is 0 Å². The van der Waals surface area contributed by atoms with E-state index >= 15 is 4.39 Å². The Bertz CT molecular complexity index is 2000. The number of carbonyl (C=O) groups is 2. The molecule has 49 heavy (non-hydrogen) atoms. The highest BCUT2D eigenvalue weighted by molar-refractivity contribution is 6.30. The molecule has 5 aromatic rings. The Hall–Kier alpha value is -4.44. The van der Waals surface area contributed by atoms with Crippen LogP contribution < -0.4 is 4.74 Å². The molecule has 254 valence electrons. The molecule has 1 saturated heterocycles. The summed E-state index contributed by atoms with van der Waals surface area (Å²) in [6.07, 6.45) is 4.73. The van der Waals surface area contributed by atoms with Gasteiger partial charge in [-0.15, -0.1) is 12.4 Å². The average molecular weight is 705 g/mol. The number of amides is 1. The number of benzene rings is 4. The van der Waals surface area contributed by atoms with Gasteiger partial charge in [-0.2, -0.15) is 0 Å². The zero-order valence-corrected chi connectivity index (χ0v) is 28.2. The summed E-state index contributed by atoms with van der Waals surface area (Å²) in [5.41, 5.74) is 4.77. The summed E-state index contributed by atoms with van der Waals surface area (Å²) < 4.78 is 24.2. The lowest BCUT2D eigenvalue weighted by Gasteiger charge is -2.29. The lowest BCUT2D eigenvalue weighted by molar-refractivity contribution is 0.0545. The van der Waals surface area contributed by atoms with Gasteiger partial charge in [0.1, 0.15) is 24.0 Å². The van der Waals surface area contributed by atoms with Gasteiger partial charge in [0.2, 0.25) is 0 Å². The van der Waals surface area contributed by atoms with E-state index < -0.39 is 11.8 Å². The van der Waals surface area contributed by atoms with Gasteiger partial charge in [-0.05, 0) is 97.0 Å². The first-order valence-corrected chi connectivity index (χ1v) is 16.7. The van der Waals surface area contributed by atoms with Gasteiger partial charge in [-0.25, -0.2) is 14.2 Å². The minimum atomic E-state index is -1.04. The van der Waals surface area contributed by atoms with Crippen molar-refractivity contribution in [3.8, 4) is 28.3 Å². The first-order chi connectivity index (χ1) is 23.2. The van der Waals surface area contributed by atoms with E-state index in [9.17, 15) is 19.8 Å². The van der Waals surface area contributed by atoms with Crippen molar-refractivity contribution in [3.05, 3.63) is 106 Å². The maximum atomic E-state index is 15.9. The van der Waals surface area contributed by atoms with Crippen LogP contribution >= 0.6 is 24.0 Å². The molecule has 7 rings (SSSR count). The van der Waals surface area contributed by atoms with E-state index in [0.29, 0.717) is 59.2 Å². The summed E-state index contributed by atoms with van der Waals surface area (Å²) >= 11 is 6.15.